The van der Waals surface area contributed by atoms with Gasteiger partial charge in [-0.05, 0) is 19.1 Å². The van der Waals surface area contributed by atoms with Crippen LogP contribution in [0.4, 0.5) is 10.1 Å². The summed E-state index contributed by atoms with van der Waals surface area (Å²) in [5, 5.41) is 5.62. The van der Waals surface area contributed by atoms with E-state index in [1.165, 1.54) is 12.1 Å². The van der Waals surface area contributed by atoms with Crippen LogP contribution in [0.25, 0.3) is 0 Å². The lowest BCUT2D eigenvalue weighted by Gasteiger charge is -2.11. The Balaban J connectivity index is 2.02. The van der Waals surface area contributed by atoms with E-state index in [-0.39, 0.29) is 23.1 Å². The number of carbonyl (C=O) groups is 1. The number of hydrogen-bond acceptors (Lipinski definition) is 4. The van der Waals surface area contributed by atoms with Crippen molar-refractivity contribution in [3.63, 3.8) is 0 Å². The molecule has 20 heavy (non-hydrogen) atoms. The molecule has 4 nitrogen and oxygen atoms in total. The minimum atomic E-state index is -0.469. The van der Waals surface area contributed by atoms with Crippen molar-refractivity contribution in [2.75, 3.05) is 12.3 Å². The summed E-state index contributed by atoms with van der Waals surface area (Å²) in [5.41, 5.74) is 6.54. The van der Waals surface area contributed by atoms with E-state index in [9.17, 15) is 9.18 Å². The van der Waals surface area contributed by atoms with Gasteiger partial charge in [-0.15, -0.1) is 11.3 Å². The van der Waals surface area contributed by atoms with E-state index in [1.807, 2.05) is 12.3 Å². The van der Waals surface area contributed by atoms with Gasteiger partial charge in [-0.1, -0.05) is 6.92 Å². The topological polar surface area (TPSA) is 68.0 Å². The summed E-state index contributed by atoms with van der Waals surface area (Å²) in [6.07, 6.45) is 1.73. The number of aromatic nitrogens is 1. The Morgan fingerprint density at radius 2 is 2.30 bits per heavy atom. The van der Waals surface area contributed by atoms with Crippen LogP contribution in [0, 0.1) is 12.7 Å². The minimum Gasteiger partial charge on any atom is -0.398 e. The Morgan fingerprint density at radius 1 is 1.55 bits per heavy atom. The van der Waals surface area contributed by atoms with Crippen LogP contribution in [0.1, 0.15) is 33.8 Å². The molecule has 1 aromatic heterocycles. The molecular formula is C14H16FN3OS. The van der Waals surface area contributed by atoms with Crippen LogP contribution >= 0.6 is 11.3 Å². The number of halogens is 1. The SMILES string of the molecule is Cc1c(N)cc(C(=O)NCC(C)c2nccs2)cc1F. The van der Waals surface area contributed by atoms with Gasteiger partial charge in [0.15, 0.2) is 0 Å². The maximum Gasteiger partial charge on any atom is 0.251 e. The number of nitrogens with one attached hydrogen (secondary N) is 1. The van der Waals surface area contributed by atoms with Gasteiger partial charge < -0.3 is 11.1 Å². The monoisotopic (exact) mass is 293 g/mol. The number of rotatable bonds is 4. The number of anilines is 1. The van der Waals surface area contributed by atoms with Crippen LogP contribution in [0.15, 0.2) is 23.7 Å². The summed E-state index contributed by atoms with van der Waals surface area (Å²) in [4.78, 5) is 16.2. The first-order valence-electron chi connectivity index (χ1n) is 6.22. The summed E-state index contributed by atoms with van der Waals surface area (Å²) in [7, 11) is 0. The van der Waals surface area contributed by atoms with Crippen LogP contribution in [0.5, 0.6) is 0 Å². The van der Waals surface area contributed by atoms with E-state index in [0.29, 0.717) is 12.1 Å². The Labute approximate surface area is 120 Å². The molecule has 1 aromatic carbocycles. The molecule has 0 aliphatic rings. The number of carbonyl (C=O) groups excluding carboxylic acids is 1. The van der Waals surface area contributed by atoms with Gasteiger partial charge in [-0.25, -0.2) is 9.37 Å². The highest BCUT2D eigenvalue weighted by Crippen LogP contribution is 2.19. The molecule has 0 fully saturated rings. The third-order valence-corrected chi connectivity index (χ3v) is 4.10. The first-order chi connectivity index (χ1) is 9.49. The largest absolute Gasteiger partial charge is 0.398 e. The average Bonchev–Trinajstić information content (AvgIpc) is 2.95. The van der Waals surface area contributed by atoms with Crippen molar-refractivity contribution < 1.29 is 9.18 Å². The number of nitrogens with two attached hydrogens (primary N) is 1. The van der Waals surface area contributed by atoms with Gasteiger partial charge >= 0.3 is 0 Å². The molecule has 0 aliphatic carbocycles. The summed E-state index contributed by atoms with van der Waals surface area (Å²) in [6.45, 7) is 4.00. The molecule has 0 saturated carbocycles. The summed E-state index contributed by atoms with van der Waals surface area (Å²) in [5.74, 6) is -0.686. The molecule has 3 N–H and O–H groups in total. The van der Waals surface area contributed by atoms with Crippen LogP contribution < -0.4 is 11.1 Å². The summed E-state index contributed by atoms with van der Waals surface area (Å²) >= 11 is 1.54. The fraction of sp³-hybridized carbons (Fsp3) is 0.286. The van der Waals surface area contributed by atoms with Gasteiger partial charge in [0.25, 0.3) is 5.91 Å². The fourth-order valence-electron chi connectivity index (χ4n) is 1.74. The van der Waals surface area contributed by atoms with E-state index >= 15 is 0 Å². The van der Waals surface area contributed by atoms with E-state index in [2.05, 4.69) is 10.3 Å². The Hall–Kier alpha value is -1.95. The number of hydrogen-bond donors (Lipinski definition) is 2. The van der Waals surface area contributed by atoms with Gasteiger partial charge in [0.05, 0.1) is 5.01 Å². The molecule has 1 unspecified atom stereocenters. The molecule has 0 saturated heterocycles. The quantitative estimate of drug-likeness (QED) is 0.852. The van der Waals surface area contributed by atoms with Gasteiger partial charge in [0.2, 0.25) is 0 Å². The van der Waals surface area contributed by atoms with Crippen molar-refractivity contribution in [1.29, 1.82) is 0 Å². The zero-order valence-corrected chi connectivity index (χ0v) is 12.1. The molecule has 6 heteroatoms. The lowest BCUT2D eigenvalue weighted by atomic mass is 10.1. The predicted molar refractivity (Wildman–Crippen MR) is 78.4 cm³/mol. The summed E-state index contributed by atoms with van der Waals surface area (Å²) < 4.78 is 13.6. The van der Waals surface area contributed by atoms with Crippen LogP contribution in [0.3, 0.4) is 0 Å². The molecule has 2 rings (SSSR count). The molecule has 1 amide bonds. The molecule has 1 atom stereocenters. The third kappa shape index (κ3) is 3.14. The van der Waals surface area contributed by atoms with Crippen LogP contribution in [-0.4, -0.2) is 17.4 Å². The zero-order valence-electron chi connectivity index (χ0n) is 11.3. The second kappa shape index (κ2) is 6.00. The predicted octanol–water partition coefficient (Wildman–Crippen LogP) is 2.71. The molecule has 0 bridgehead atoms. The number of benzene rings is 1. The number of amides is 1. The van der Waals surface area contributed by atoms with E-state index in [4.69, 9.17) is 5.73 Å². The van der Waals surface area contributed by atoms with E-state index < -0.39 is 5.82 Å². The first-order valence-corrected chi connectivity index (χ1v) is 7.10. The average molecular weight is 293 g/mol. The molecule has 0 radical (unpaired) electrons. The molecule has 1 heterocycles. The minimum absolute atomic E-state index is 0.117. The molecule has 0 spiro atoms. The smallest absolute Gasteiger partial charge is 0.251 e. The second-order valence-electron chi connectivity index (χ2n) is 4.65. The Kier molecular flexibility index (Phi) is 4.34. The van der Waals surface area contributed by atoms with Crippen molar-refractivity contribution >= 4 is 22.9 Å². The third-order valence-electron chi connectivity index (χ3n) is 3.09. The van der Waals surface area contributed by atoms with Crippen molar-refractivity contribution in [2.45, 2.75) is 19.8 Å². The Bertz CT molecular complexity index is 590. The van der Waals surface area contributed by atoms with Gasteiger partial charge in [0, 0.05) is 40.9 Å². The summed E-state index contributed by atoms with van der Waals surface area (Å²) in [6, 6.07) is 2.69. The van der Waals surface area contributed by atoms with E-state index in [1.54, 1.807) is 24.5 Å². The fourth-order valence-corrected chi connectivity index (χ4v) is 2.44. The lowest BCUT2D eigenvalue weighted by molar-refractivity contribution is 0.0951. The maximum absolute atomic E-state index is 13.6. The van der Waals surface area contributed by atoms with Gasteiger partial charge in [-0.3, -0.25) is 4.79 Å². The Morgan fingerprint density at radius 3 is 2.90 bits per heavy atom. The van der Waals surface area contributed by atoms with Crippen LogP contribution in [0.2, 0.25) is 0 Å². The first kappa shape index (κ1) is 14.5. The molecular weight excluding hydrogens is 277 g/mol. The van der Waals surface area contributed by atoms with E-state index in [0.717, 1.165) is 5.01 Å². The molecule has 2 aromatic rings. The van der Waals surface area contributed by atoms with Gasteiger partial charge in [-0.2, -0.15) is 0 Å². The normalized spacial score (nSPS) is 12.2. The second-order valence-corrected chi connectivity index (χ2v) is 5.58. The maximum atomic E-state index is 13.6. The highest BCUT2D eigenvalue weighted by Gasteiger charge is 2.13. The molecule has 106 valence electrons. The number of nitrogens with zero attached hydrogens (tertiary/aromatic N) is 1. The highest BCUT2D eigenvalue weighted by molar-refractivity contribution is 7.09. The standard InChI is InChI=1S/C14H16FN3OS/c1-8(14-17-3-4-20-14)7-18-13(19)10-5-11(15)9(2)12(16)6-10/h3-6,8H,7,16H2,1-2H3,(H,18,19). The highest BCUT2D eigenvalue weighted by atomic mass is 32.1. The lowest BCUT2D eigenvalue weighted by Crippen LogP contribution is -2.27. The van der Waals surface area contributed by atoms with Crippen LogP contribution in [-0.2, 0) is 0 Å². The van der Waals surface area contributed by atoms with Gasteiger partial charge in [0.1, 0.15) is 5.82 Å². The van der Waals surface area contributed by atoms with Crippen molar-refractivity contribution in [3.05, 3.63) is 45.7 Å². The number of nitrogen functional groups attached to an aromatic ring is 1. The van der Waals surface area contributed by atoms with Crippen molar-refractivity contribution in [1.82, 2.24) is 10.3 Å². The van der Waals surface area contributed by atoms with Crippen molar-refractivity contribution in [2.24, 2.45) is 0 Å². The zero-order chi connectivity index (χ0) is 14.7. The van der Waals surface area contributed by atoms with Crippen molar-refractivity contribution in [3.8, 4) is 0 Å². The molecule has 0 aliphatic heterocycles. The number of thiazole rings is 1.